The zero-order valence-corrected chi connectivity index (χ0v) is 14.9. The van der Waals surface area contributed by atoms with Crippen LogP contribution in [0.2, 0.25) is 0 Å². The van der Waals surface area contributed by atoms with E-state index in [-0.39, 0.29) is 5.91 Å². The number of para-hydroxylation sites is 1. The van der Waals surface area contributed by atoms with Crippen LogP contribution in [0.3, 0.4) is 0 Å². The van der Waals surface area contributed by atoms with Gasteiger partial charge in [-0.2, -0.15) is 0 Å². The summed E-state index contributed by atoms with van der Waals surface area (Å²) in [6.45, 7) is 0. The molecular formula is C22H18N4O. The monoisotopic (exact) mass is 354 g/mol. The highest BCUT2D eigenvalue weighted by molar-refractivity contribution is 6.05. The first kappa shape index (κ1) is 16.7. The van der Waals surface area contributed by atoms with Crippen LogP contribution in [0.1, 0.15) is 10.4 Å². The van der Waals surface area contributed by atoms with Gasteiger partial charge in [0, 0.05) is 23.9 Å². The van der Waals surface area contributed by atoms with Crippen LogP contribution in [-0.4, -0.2) is 27.9 Å². The molecule has 5 nitrogen and oxygen atoms in total. The van der Waals surface area contributed by atoms with E-state index in [0.29, 0.717) is 5.56 Å². The Morgan fingerprint density at radius 1 is 0.852 bits per heavy atom. The number of nitrogens with zero attached hydrogens (tertiary/aromatic N) is 4. The fourth-order valence-electron chi connectivity index (χ4n) is 2.94. The summed E-state index contributed by atoms with van der Waals surface area (Å²) in [6, 6.07) is 26.9. The van der Waals surface area contributed by atoms with Crippen LogP contribution in [0.5, 0.6) is 0 Å². The standard InChI is InChI=1S/C22H18N4O/c1-25(19-10-6-3-7-11-19)22(27)18-12-14-20(15-13-18)26-21(16-23-24-26)17-8-4-2-5-9-17/h2-16H,1H3. The predicted octanol–water partition coefficient (Wildman–Crippen LogP) is 4.21. The van der Waals surface area contributed by atoms with Crippen molar-refractivity contribution in [3.8, 4) is 16.9 Å². The van der Waals surface area contributed by atoms with E-state index >= 15 is 0 Å². The lowest BCUT2D eigenvalue weighted by atomic mass is 10.1. The normalized spacial score (nSPS) is 10.6. The van der Waals surface area contributed by atoms with Gasteiger partial charge in [-0.05, 0) is 36.4 Å². The summed E-state index contributed by atoms with van der Waals surface area (Å²) >= 11 is 0. The van der Waals surface area contributed by atoms with Crippen LogP contribution >= 0.6 is 0 Å². The fraction of sp³-hybridized carbons (Fsp3) is 0.0455. The third-order valence-electron chi connectivity index (χ3n) is 4.43. The van der Waals surface area contributed by atoms with Gasteiger partial charge in [0.25, 0.3) is 5.91 Å². The molecule has 1 heterocycles. The molecular weight excluding hydrogens is 336 g/mol. The second kappa shape index (κ2) is 7.25. The van der Waals surface area contributed by atoms with Crippen LogP contribution in [0.25, 0.3) is 16.9 Å². The van der Waals surface area contributed by atoms with Crippen molar-refractivity contribution in [3.63, 3.8) is 0 Å². The van der Waals surface area contributed by atoms with E-state index < -0.39 is 0 Å². The Morgan fingerprint density at radius 3 is 2.15 bits per heavy atom. The molecule has 0 aliphatic carbocycles. The smallest absolute Gasteiger partial charge is 0.258 e. The topological polar surface area (TPSA) is 51.0 Å². The first-order valence-corrected chi connectivity index (χ1v) is 8.64. The molecule has 0 bridgehead atoms. The molecule has 1 aromatic heterocycles. The molecule has 4 rings (SSSR count). The Bertz CT molecular complexity index is 1040. The van der Waals surface area contributed by atoms with Crippen molar-refractivity contribution < 1.29 is 4.79 Å². The zero-order valence-electron chi connectivity index (χ0n) is 14.9. The summed E-state index contributed by atoms with van der Waals surface area (Å²) in [5.41, 5.74) is 4.26. The van der Waals surface area contributed by atoms with E-state index in [9.17, 15) is 4.79 Å². The minimum Gasteiger partial charge on any atom is -0.311 e. The molecule has 0 fully saturated rings. The molecule has 0 radical (unpaired) electrons. The van der Waals surface area contributed by atoms with E-state index in [1.54, 1.807) is 22.8 Å². The third-order valence-corrected chi connectivity index (χ3v) is 4.43. The summed E-state index contributed by atoms with van der Waals surface area (Å²) in [6.07, 6.45) is 1.73. The lowest BCUT2D eigenvalue weighted by molar-refractivity contribution is 0.0993. The summed E-state index contributed by atoms with van der Waals surface area (Å²) in [4.78, 5) is 14.4. The molecule has 0 aliphatic rings. The number of carbonyl (C=O) groups is 1. The minimum absolute atomic E-state index is 0.0605. The van der Waals surface area contributed by atoms with Crippen molar-refractivity contribution in [2.75, 3.05) is 11.9 Å². The van der Waals surface area contributed by atoms with Gasteiger partial charge in [-0.25, -0.2) is 4.68 Å². The van der Waals surface area contributed by atoms with Crippen molar-refractivity contribution in [2.24, 2.45) is 0 Å². The molecule has 27 heavy (non-hydrogen) atoms. The maximum Gasteiger partial charge on any atom is 0.258 e. The van der Waals surface area contributed by atoms with Gasteiger partial charge in [-0.15, -0.1) is 5.10 Å². The average molecular weight is 354 g/mol. The number of benzene rings is 3. The molecule has 4 aromatic rings. The predicted molar refractivity (Wildman–Crippen MR) is 106 cm³/mol. The zero-order chi connectivity index (χ0) is 18.6. The molecule has 1 amide bonds. The first-order valence-electron chi connectivity index (χ1n) is 8.64. The molecule has 0 saturated carbocycles. The van der Waals surface area contributed by atoms with Crippen molar-refractivity contribution in [1.29, 1.82) is 0 Å². The summed E-state index contributed by atoms with van der Waals surface area (Å²) < 4.78 is 1.77. The van der Waals surface area contributed by atoms with Gasteiger partial charge in [-0.1, -0.05) is 53.7 Å². The van der Waals surface area contributed by atoms with Crippen molar-refractivity contribution in [3.05, 3.63) is 96.7 Å². The van der Waals surface area contributed by atoms with Gasteiger partial charge < -0.3 is 4.90 Å². The molecule has 0 aliphatic heterocycles. The van der Waals surface area contributed by atoms with E-state index in [1.807, 2.05) is 84.9 Å². The Hall–Kier alpha value is -3.73. The number of aromatic nitrogens is 3. The van der Waals surface area contributed by atoms with E-state index in [2.05, 4.69) is 10.3 Å². The Kier molecular flexibility index (Phi) is 4.49. The molecule has 5 heteroatoms. The molecule has 0 N–H and O–H groups in total. The maximum atomic E-state index is 12.7. The largest absolute Gasteiger partial charge is 0.311 e. The third kappa shape index (κ3) is 3.35. The number of carbonyl (C=O) groups excluding carboxylic acids is 1. The van der Waals surface area contributed by atoms with Crippen LogP contribution in [0, 0.1) is 0 Å². The lowest BCUT2D eigenvalue weighted by Crippen LogP contribution is -2.26. The summed E-state index contributed by atoms with van der Waals surface area (Å²) in [7, 11) is 1.77. The molecule has 0 saturated heterocycles. The van der Waals surface area contributed by atoms with Gasteiger partial charge in [-0.3, -0.25) is 4.79 Å². The van der Waals surface area contributed by atoms with Crippen LogP contribution in [0.4, 0.5) is 5.69 Å². The van der Waals surface area contributed by atoms with Crippen molar-refractivity contribution in [2.45, 2.75) is 0 Å². The second-order valence-corrected chi connectivity index (χ2v) is 6.14. The van der Waals surface area contributed by atoms with Gasteiger partial charge in [0.05, 0.1) is 17.6 Å². The Labute approximate surface area is 157 Å². The lowest BCUT2D eigenvalue weighted by Gasteiger charge is -2.17. The van der Waals surface area contributed by atoms with Gasteiger partial charge in [0.1, 0.15) is 0 Å². The Balaban J connectivity index is 1.61. The fourth-order valence-corrected chi connectivity index (χ4v) is 2.94. The number of hydrogen-bond acceptors (Lipinski definition) is 3. The average Bonchev–Trinajstić information content (AvgIpc) is 3.24. The number of amides is 1. The maximum absolute atomic E-state index is 12.7. The highest BCUT2D eigenvalue weighted by Crippen LogP contribution is 2.22. The number of anilines is 1. The minimum atomic E-state index is -0.0605. The van der Waals surface area contributed by atoms with Crippen molar-refractivity contribution in [1.82, 2.24) is 15.0 Å². The van der Waals surface area contributed by atoms with Crippen LogP contribution < -0.4 is 4.90 Å². The van der Waals surface area contributed by atoms with Gasteiger partial charge >= 0.3 is 0 Å². The molecule has 0 unspecified atom stereocenters. The SMILES string of the molecule is CN(C(=O)c1ccc(-n2nncc2-c2ccccc2)cc1)c1ccccc1. The van der Waals surface area contributed by atoms with E-state index in [0.717, 1.165) is 22.6 Å². The molecule has 0 atom stereocenters. The van der Waals surface area contributed by atoms with Crippen LogP contribution in [0.15, 0.2) is 91.1 Å². The van der Waals surface area contributed by atoms with E-state index in [1.165, 1.54) is 0 Å². The van der Waals surface area contributed by atoms with Gasteiger partial charge in [0.2, 0.25) is 0 Å². The molecule has 0 spiro atoms. The van der Waals surface area contributed by atoms with Crippen LogP contribution in [-0.2, 0) is 0 Å². The quantitative estimate of drug-likeness (QED) is 0.552. The van der Waals surface area contributed by atoms with Crippen molar-refractivity contribution >= 4 is 11.6 Å². The highest BCUT2D eigenvalue weighted by atomic mass is 16.2. The first-order chi connectivity index (χ1) is 13.2. The molecule has 132 valence electrons. The number of hydrogen-bond donors (Lipinski definition) is 0. The Morgan fingerprint density at radius 2 is 1.48 bits per heavy atom. The van der Waals surface area contributed by atoms with Gasteiger partial charge in [0.15, 0.2) is 0 Å². The highest BCUT2D eigenvalue weighted by Gasteiger charge is 2.14. The molecule has 3 aromatic carbocycles. The van der Waals surface area contributed by atoms with E-state index in [4.69, 9.17) is 0 Å². The summed E-state index contributed by atoms with van der Waals surface area (Å²) in [5.74, 6) is -0.0605. The summed E-state index contributed by atoms with van der Waals surface area (Å²) in [5, 5.41) is 8.23. The second-order valence-electron chi connectivity index (χ2n) is 6.14. The number of rotatable bonds is 4.